The average molecular weight is 353 g/mol. The number of ether oxygens (including phenoxy) is 1. The first-order chi connectivity index (χ1) is 12.7. The SMILES string of the molecule is COc1cccc(C(=O)N2CCC(c3nnc(-c4ccoc4)o3)CC2)c1. The van der Waals surface area contributed by atoms with Crippen LogP contribution in [0.2, 0.25) is 0 Å². The van der Waals surface area contributed by atoms with Crippen molar-refractivity contribution in [2.45, 2.75) is 18.8 Å². The molecule has 1 fully saturated rings. The van der Waals surface area contributed by atoms with Gasteiger partial charge in [-0.2, -0.15) is 0 Å². The van der Waals surface area contributed by atoms with E-state index in [2.05, 4.69) is 10.2 Å². The van der Waals surface area contributed by atoms with Gasteiger partial charge < -0.3 is 18.5 Å². The normalized spacial score (nSPS) is 15.2. The Hall–Kier alpha value is -3.09. The molecule has 0 aliphatic carbocycles. The lowest BCUT2D eigenvalue weighted by atomic mass is 9.96. The summed E-state index contributed by atoms with van der Waals surface area (Å²) in [5.41, 5.74) is 1.41. The van der Waals surface area contributed by atoms with Gasteiger partial charge in [-0.15, -0.1) is 10.2 Å². The first kappa shape index (κ1) is 16.4. The van der Waals surface area contributed by atoms with E-state index in [4.69, 9.17) is 13.6 Å². The quantitative estimate of drug-likeness (QED) is 0.715. The van der Waals surface area contributed by atoms with E-state index >= 15 is 0 Å². The molecule has 0 spiro atoms. The van der Waals surface area contributed by atoms with Crippen molar-refractivity contribution in [1.29, 1.82) is 0 Å². The second kappa shape index (κ2) is 7.03. The number of methoxy groups -OCH3 is 1. The number of rotatable bonds is 4. The molecule has 0 atom stereocenters. The van der Waals surface area contributed by atoms with Gasteiger partial charge >= 0.3 is 0 Å². The van der Waals surface area contributed by atoms with Crippen LogP contribution in [0.25, 0.3) is 11.5 Å². The summed E-state index contributed by atoms with van der Waals surface area (Å²) in [6.45, 7) is 1.31. The van der Waals surface area contributed by atoms with Gasteiger partial charge in [0.15, 0.2) is 0 Å². The fraction of sp³-hybridized carbons (Fsp3) is 0.316. The first-order valence-corrected chi connectivity index (χ1v) is 8.54. The monoisotopic (exact) mass is 353 g/mol. The lowest BCUT2D eigenvalue weighted by Gasteiger charge is -2.30. The van der Waals surface area contributed by atoms with Crippen molar-refractivity contribution >= 4 is 5.91 Å². The Morgan fingerprint density at radius 2 is 2.08 bits per heavy atom. The van der Waals surface area contributed by atoms with Crippen LogP contribution >= 0.6 is 0 Å². The molecule has 1 amide bonds. The highest BCUT2D eigenvalue weighted by Gasteiger charge is 2.28. The third-order valence-electron chi connectivity index (χ3n) is 4.66. The summed E-state index contributed by atoms with van der Waals surface area (Å²) >= 11 is 0. The van der Waals surface area contributed by atoms with Crippen molar-refractivity contribution in [3.05, 3.63) is 54.3 Å². The van der Waals surface area contributed by atoms with E-state index in [-0.39, 0.29) is 11.8 Å². The Kier molecular flexibility index (Phi) is 4.43. The lowest BCUT2D eigenvalue weighted by molar-refractivity contribution is 0.0706. The van der Waals surface area contributed by atoms with Gasteiger partial charge in [0.05, 0.1) is 18.9 Å². The van der Waals surface area contributed by atoms with E-state index in [1.807, 2.05) is 23.1 Å². The maximum absolute atomic E-state index is 12.7. The van der Waals surface area contributed by atoms with Gasteiger partial charge in [-0.3, -0.25) is 4.79 Å². The molecule has 1 aromatic carbocycles. The largest absolute Gasteiger partial charge is 0.497 e. The van der Waals surface area contributed by atoms with Crippen molar-refractivity contribution in [1.82, 2.24) is 15.1 Å². The predicted octanol–water partition coefficient (Wildman–Crippen LogP) is 3.36. The number of piperidine rings is 1. The maximum atomic E-state index is 12.7. The average Bonchev–Trinajstić information content (AvgIpc) is 3.39. The second-order valence-corrected chi connectivity index (χ2v) is 6.26. The Morgan fingerprint density at radius 3 is 2.81 bits per heavy atom. The summed E-state index contributed by atoms with van der Waals surface area (Å²) in [6.07, 6.45) is 4.74. The van der Waals surface area contributed by atoms with Crippen LogP contribution in [0.5, 0.6) is 5.75 Å². The molecule has 0 bridgehead atoms. The molecule has 2 aromatic heterocycles. The Balaban J connectivity index is 1.40. The number of benzene rings is 1. The van der Waals surface area contributed by atoms with E-state index in [9.17, 15) is 4.79 Å². The molecule has 1 saturated heterocycles. The van der Waals surface area contributed by atoms with Crippen molar-refractivity contribution < 1.29 is 18.4 Å². The minimum atomic E-state index is 0.0203. The summed E-state index contributed by atoms with van der Waals surface area (Å²) in [4.78, 5) is 14.5. The van der Waals surface area contributed by atoms with Gasteiger partial charge in [-0.1, -0.05) is 6.07 Å². The van der Waals surface area contributed by atoms with Gasteiger partial charge in [0.25, 0.3) is 11.8 Å². The third-order valence-corrected chi connectivity index (χ3v) is 4.66. The minimum absolute atomic E-state index is 0.0203. The van der Waals surface area contributed by atoms with Crippen LogP contribution in [0.1, 0.15) is 35.0 Å². The van der Waals surface area contributed by atoms with Gasteiger partial charge in [0, 0.05) is 24.6 Å². The minimum Gasteiger partial charge on any atom is -0.497 e. The molecule has 4 rings (SSSR count). The standard InChI is InChI=1S/C19H19N3O4/c1-24-16-4-2-3-14(11-16)19(23)22-8-5-13(6-9-22)17-20-21-18(26-17)15-7-10-25-12-15/h2-4,7,10-13H,5-6,8-9H2,1H3. The zero-order valence-electron chi connectivity index (χ0n) is 14.4. The number of carbonyl (C=O) groups is 1. The molecular formula is C19H19N3O4. The number of hydrogen-bond acceptors (Lipinski definition) is 6. The van der Waals surface area contributed by atoms with Crippen molar-refractivity contribution in [3.8, 4) is 17.2 Å². The van der Waals surface area contributed by atoms with Gasteiger partial charge in [0.1, 0.15) is 12.0 Å². The zero-order valence-corrected chi connectivity index (χ0v) is 14.4. The molecule has 3 heterocycles. The molecule has 0 N–H and O–H groups in total. The lowest BCUT2D eigenvalue weighted by Crippen LogP contribution is -2.38. The van der Waals surface area contributed by atoms with Crippen molar-refractivity contribution in [2.75, 3.05) is 20.2 Å². The Morgan fingerprint density at radius 1 is 1.23 bits per heavy atom. The third kappa shape index (κ3) is 3.20. The second-order valence-electron chi connectivity index (χ2n) is 6.26. The highest BCUT2D eigenvalue weighted by Crippen LogP contribution is 2.30. The highest BCUT2D eigenvalue weighted by atomic mass is 16.5. The summed E-state index contributed by atoms with van der Waals surface area (Å²) in [5.74, 6) is 1.95. The predicted molar refractivity (Wildman–Crippen MR) is 92.9 cm³/mol. The van der Waals surface area contributed by atoms with Crippen molar-refractivity contribution in [2.24, 2.45) is 0 Å². The van der Waals surface area contributed by atoms with E-state index in [1.54, 1.807) is 31.8 Å². The summed E-state index contributed by atoms with van der Waals surface area (Å²) in [7, 11) is 1.59. The molecule has 1 aliphatic heterocycles. The molecule has 0 unspecified atom stereocenters. The number of likely N-dealkylation sites (tertiary alicyclic amines) is 1. The number of amides is 1. The Bertz CT molecular complexity index is 880. The van der Waals surface area contributed by atoms with Crippen LogP contribution in [0.15, 0.2) is 51.7 Å². The van der Waals surface area contributed by atoms with Gasteiger partial charge in [-0.25, -0.2) is 0 Å². The number of hydrogen-bond donors (Lipinski definition) is 0. The summed E-state index contributed by atoms with van der Waals surface area (Å²) in [6, 6.07) is 9.02. The van der Waals surface area contributed by atoms with Crippen LogP contribution < -0.4 is 4.74 Å². The van der Waals surface area contributed by atoms with Crippen LogP contribution in [0, 0.1) is 0 Å². The topological polar surface area (TPSA) is 81.6 Å². The molecular weight excluding hydrogens is 334 g/mol. The number of nitrogens with zero attached hydrogens (tertiary/aromatic N) is 3. The molecule has 0 saturated carbocycles. The fourth-order valence-corrected chi connectivity index (χ4v) is 3.17. The van der Waals surface area contributed by atoms with E-state index in [0.717, 1.165) is 18.4 Å². The molecule has 134 valence electrons. The van der Waals surface area contributed by atoms with Gasteiger partial charge in [-0.05, 0) is 37.1 Å². The summed E-state index contributed by atoms with van der Waals surface area (Å²) in [5, 5.41) is 8.25. The summed E-state index contributed by atoms with van der Waals surface area (Å²) < 4.78 is 16.0. The first-order valence-electron chi connectivity index (χ1n) is 8.54. The van der Waals surface area contributed by atoms with E-state index < -0.39 is 0 Å². The van der Waals surface area contributed by atoms with Gasteiger partial charge in [0.2, 0.25) is 5.89 Å². The highest BCUT2D eigenvalue weighted by molar-refractivity contribution is 5.94. The number of aromatic nitrogens is 2. The van der Waals surface area contributed by atoms with Crippen LogP contribution in [0.4, 0.5) is 0 Å². The molecule has 7 heteroatoms. The smallest absolute Gasteiger partial charge is 0.253 e. The van der Waals surface area contributed by atoms with Crippen LogP contribution in [-0.2, 0) is 0 Å². The molecule has 0 radical (unpaired) electrons. The van der Waals surface area contributed by atoms with Crippen LogP contribution in [0.3, 0.4) is 0 Å². The van der Waals surface area contributed by atoms with Crippen LogP contribution in [-0.4, -0.2) is 41.2 Å². The maximum Gasteiger partial charge on any atom is 0.253 e. The molecule has 7 nitrogen and oxygen atoms in total. The fourth-order valence-electron chi connectivity index (χ4n) is 3.17. The molecule has 26 heavy (non-hydrogen) atoms. The zero-order chi connectivity index (χ0) is 17.9. The molecule has 1 aliphatic rings. The number of carbonyl (C=O) groups excluding carboxylic acids is 1. The number of furan rings is 1. The van der Waals surface area contributed by atoms with Crippen molar-refractivity contribution in [3.63, 3.8) is 0 Å². The molecule has 3 aromatic rings. The van der Waals surface area contributed by atoms with E-state index in [0.29, 0.717) is 36.2 Å². The Labute approximate surface area is 150 Å². The van der Waals surface area contributed by atoms with E-state index in [1.165, 1.54) is 0 Å².